The standard InChI is InChI=1S/C14H18N4OS/c1-4-5-6-7-16-13(19)12-11(15)10-8(2)9(3)17-18-14(10)20-12/h4-5H,6-7,15H2,1-3H3,(H,16,19)/b5-4+. The predicted molar refractivity (Wildman–Crippen MR) is 83.1 cm³/mol. The Labute approximate surface area is 121 Å². The molecular formula is C14H18N4OS. The molecule has 3 N–H and O–H groups in total. The molecule has 0 spiro atoms. The van der Waals surface area contributed by atoms with Gasteiger partial charge in [-0.3, -0.25) is 4.79 Å². The van der Waals surface area contributed by atoms with Gasteiger partial charge in [-0.25, -0.2) is 0 Å². The van der Waals surface area contributed by atoms with Crippen LogP contribution in [-0.4, -0.2) is 22.6 Å². The maximum atomic E-state index is 12.1. The summed E-state index contributed by atoms with van der Waals surface area (Å²) in [4.78, 5) is 13.4. The molecule has 5 nitrogen and oxygen atoms in total. The molecule has 2 aromatic rings. The van der Waals surface area contributed by atoms with E-state index in [1.54, 1.807) is 0 Å². The number of aromatic nitrogens is 2. The van der Waals surface area contributed by atoms with Crippen LogP contribution in [0.25, 0.3) is 10.2 Å². The maximum Gasteiger partial charge on any atom is 0.263 e. The number of nitrogens with two attached hydrogens (primary N) is 1. The Morgan fingerprint density at radius 3 is 2.85 bits per heavy atom. The summed E-state index contributed by atoms with van der Waals surface area (Å²) in [6, 6.07) is 0. The van der Waals surface area contributed by atoms with Crippen LogP contribution in [0.1, 0.15) is 34.3 Å². The summed E-state index contributed by atoms with van der Waals surface area (Å²) < 4.78 is 0. The van der Waals surface area contributed by atoms with Crippen molar-refractivity contribution in [1.82, 2.24) is 15.5 Å². The molecule has 2 aromatic heterocycles. The Bertz CT molecular complexity index is 675. The first-order valence-electron chi connectivity index (χ1n) is 6.47. The number of fused-ring (bicyclic) bond motifs is 1. The third-order valence-electron chi connectivity index (χ3n) is 3.17. The van der Waals surface area contributed by atoms with Crippen molar-refractivity contribution < 1.29 is 4.79 Å². The normalized spacial score (nSPS) is 11.3. The molecule has 0 fully saturated rings. The monoisotopic (exact) mass is 290 g/mol. The minimum atomic E-state index is -0.146. The first-order chi connectivity index (χ1) is 9.56. The fourth-order valence-corrected chi connectivity index (χ4v) is 2.94. The van der Waals surface area contributed by atoms with E-state index in [9.17, 15) is 4.79 Å². The van der Waals surface area contributed by atoms with Gasteiger partial charge in [0.15, 0.2) is 0 Å². The molecule has 0 aliphatic rings. The second kappa shape index (κ2) is 6.00. The topological polar surface area (TPSA) is 80.9 Å². The molecule has 0 radical (unpaired) electrons. The number of anilines is 1. The fourth-order valence-electron chi connectivity index (χ4n) is 1.93. The van der Waals surface area contributed by atoms with Crippen LogP contribution < -0.4 is 11.1 Å². The molecule has 0 atom stereocenters. The van der Waals surface area contributed by atoms with E-state index in [1.807, 2.05) is 32.9 Å². The van der Waals surface area contributed by atoms with Crippen molar-refractivity contribution in [3.05, 3.63) is 28.3 Å². The molecule has 0 aliphatic heterocycles. The van der Waals surface area contributed by atoms with Crippen molar-refractivity contribution in [3.63, 3.8) is 0 Å². The lowest BCUT2D eigenvalue weighted by molar-refractivity contribution is 0.0959. The number of rotatable bonds is 4. The molecule has 1 amide bonds. The van der Waals surface area contributed by atoms with E-state index in [0.29, 0.717) is 21.9 Å². The highest BCUT2D eigenvalue weighted by atomic mass is 32.1. The predicted octanol–water partition coefficient (Wildman–Crippen LogP) is 2.59. The summed E-state index contributed by atoms with van der Waals surface area (Å²) in [7, 11) is 0. The number of carbonyl (C=O) groups is 1. The van der Waals surface area contributed by atoms with E-state index < -0.39 is 0 Å². The van der Waals surface area contributed by atoms with Gasteiger partial charge in [-0.2, -0.15) is 5.10 Å². The number of carbonyl (C=O) groups excluding carboxylic acids is 1. The van der Waals surface area contributed by atoms with E-state index in [4.69, 9.17) is 5.73 Å². The van der Waals surface area contributed by atoms with E-state index >= 15 is 0 Å². The van der Waals surface area contributed by atoms with Gasteiger partial charge in [-0.15, -0.1) is 16.4 Å². The Morgan fingerprint density at radius 2 is 2.15 bits per heavy atom. The summed E-state index contributed by atoms with van der Waals surface area (Å²) >= 11 is 1.29. The van der Waals surface area contributed by atoms with Crippen molar-refractivity contribution in [2.24, 2.45) is 0 Å². The molecule has 2 rings (SSSR count). The van der Waals surface area contributed by atoms with Gasteiger partial charge >= 0.3 is 0 Å². The molecule has 0 aromatic carbocycles. The molecule has 0 saturated heterocycles. The lowest BCUT2D eigenvalue weighted by Crippen LogP contribution is -2.23. The summed E-state index contributed by atoms with van der Waals surface area (Å²) in [5, 5.41) is 11.9. The van der Waals surface area contributed by atoms with Crippen LogP contribution >= 0.6 is 11.3 Å². The Hall–Kier alpha value is -1.95. The molecule has 20 heavy (non-hydrogen) atoms. The largest absolute Gasteiger partial charge is 0.397 e. The number of aryl methyl sites for hydroxylation is 2. The minimum absolute atomic E-state index is 0.146. The number of nitrogens with one attached hydrogen (secondary N) is 1. The van der Waals surface area contributed by atoms with Gasteiger partial charge in [-0.05, 0) is 32.8 Å². The SMILES string of the molecule is C/C=C/CCNC(=O)c1sc2nnc(C)c(C)c2c1N. The van der Waals surface area contributed by atoms with Gasteiger partial charge in [0.2, 0.25) is 0 Å². The van der Waals surface area contributed by atoms with Gasteiger partial charge in [0.25, 0.3) is 5.91 Å². The zero-order chi connectivity index (χ0) is 14.7. The van der Waals surface area contributed by atoms with Gasteiger partial charge in [-0.1, -0.05) is 12.2 Å². The van der Waals surface area contributed by atoms with E-state index in [-0.39, 0.29) is 5.91 Å². The zero-order valence-electron chi connectivity index (χ0n) is 11.9. The number of amides is 1. The first kappa shape index (κ1) is 14.5. The summed E-state index contributed by atoms with van der Waals surface area (Å²) in [6.45, 7) is 6.38. The molecule has 106 valence electrons. The van der Waals surface area contributed by atoms with E-state index in [2.05, 4.69) is 15.5 Å². The highest BCUT2D eigenvalue weighted by Gasteiger charge is 2.19. The van der Waals surface area contributed by atoms with Crippen LogP contribution in [0, 0.1) is 13.8 Å². The maximum absolute atomic E-state index is 12.1. The first-order valence-corrected chi connectivity index (χ1v) is 7.29. The van der Waals surface area contributed by atoms with Gasteiger partial charge in [0.05, 0.1) is 11.4 Å². The van der Waals surface area contributed by atoms with Crippen molar-refractivity contribution in [3.8, 4) is 0 Å². The van der Waals surface area contributed by atoms with Crippen LogP contribution in [0.2, 0.25) is 0 Å². The van der Waals surface area contributed by atoms with Gasteiger partial charge < -0.3 is 11.1 Å². The number of hydrogen-bond acceptors (Lipinski definition) is 5. The fraction of sp³-hybridized carbons (Fsp3) is 0.357. The van der Waals surface area contributed by atoms with Crippen LogP contribution in [-0.2, 0) is 0 Å². The van der Waals surface area contributed by atoms with Gasteiger partial charge in [0.1, 0.15) is 9.71 Å². The van der Waals surface area contributed by atoms with Crippen molar-refractivity contribution >= 4 is 33.1 Å². The third-order valence-corrected chi connectivity index (χ3v) is 4.26. The zero-order valence-corrected chi connectivity index (χ0v) is 12.7. The summed E-state index contributed by atoms with van der Waals surface area (Å²) in [6.07, 6.45) is 4.78. The van der Waals surface area contributed by atoms with Crippen LogP contribution in [0.4, 0.5) is 5.69 Å². The molecule has 0 saturated carbocycles. The Kier molecular flexibility index (Phi) is 4.34. The highest BCUT2D eigenvalue weighted by Crippen LogP contribution is 2.34. The summed E-state index contributed by atoms with van der Waals surface area (Å²) in [5.41, 5.74) is 8.43. The average molecular weight is 290 g/mol. The number of allylic oxidation sites excluding steroid dienone is 1. The van der Waals surface area contributed by atoms with Crippen LogP contribution in [0.5, 0.6) is 0 Å². The minimum Gasteiger partial charge on any atom is -0.397 e. The lowest BCUT2D eigenvalue weighted by atomic mass is 10.1. The number of hydrogen-bond donors (Lipinski definition) is 2. The molecule has 0 unspecified atom stereocenters. The lowest BCUT2D eigenvalue weighted by Gasteiger charge is -2.03. The molecule has 2 heterocycles. The van der Waals surface area contributed by atoms with Gasteiger partial charge in [0, 0.05) is 11.9 Å². The van der Waals surface area contributed by atoms with Crippen molar-refractivity contribution in [2.45, 2.75) is 27.2 Å². The second-order valence-corrected chi connectivity index (χ2v) is 5.55. The van der Waals surface area contributed by atoms with Crippen molar-refractivity contribution in [1.29, 1.82) is 0 Å². The Morgan fingerprint density at radius 1 is 1.40 bits per heavy atom. The molecular weight excluding hydrogens is 272 g/mol. The smallest absolute Gasteiger partial charge is 0.263 e. The summed E-state index contributed by atoms with van der Waals surface area (Å²) in [5.74, 6) is -0.146. The number of nitrogen functional groups attached to an aromatic ring is 1. The van der Waals surface area contributed by atoms with Crippen LogP contribution in [0.15, 0.2) is 12.2 Å². The number of nitrogens with zero attached hydrogens (tertiary/aromatic N) is 2. The average Bonchev–Trinajstić information content (AvgIpc) is 2.77. The molecule has 6 heteroatoms. The highest BCUT2D eigenvalue weighted by molar-refractivity contribution is 7.21. The van der Waals surface area contributed by atoms with E-state index in [1.165, 1.54) is 11.3 Å². The molecule has 0 aliphatic carbocycles. The van der Waals surface area contributed by atoms with Crippen LogP contribution in [0.3, 0.4) is 0 Å². The Balaban J connectivity index is 2.29. The second-order valence-electron chi connectivity index (χ2n) is 4.55. The third kappa shape index (κ3) is 2.65. The quantitative estimate of drug-likeness (QED) is 0.670. The van der Waals surface area contributed by atoms with Crippen molar-refractivity contribution in [2.75, 3.05) is 12.3 Å². The van der Waals surface area contributed by atoms with E-state index in [0.717, 1.165) is 23.1 Å². The molecule has 0 bridgehead atoms. The number of thiophene rings is 1.